The Bertz CT molecular complexity index is 3500. The van der Waals surface area contributed by atoms with Crippen LogP contribution in [0.15, 0.2) is 177 Å². The molecule has 0 aliphatic heterocycles. The molecule has 0 N–H and O–H groups in total. The second kappa shape index (κ2) is 11.5. The fourth-order valence-electron chi connectivity index (χ4n) is 8.22. The second-order valence-electron chi connectivity index (χ2n) is 13.9. The third kappa shape index (κ3) is 4.52. The molecule has 4 heterocycles. The molecule has 0 radical (unpaired) electrons. The van der Waals surface area contributed by atoms with E-state index in [4.69, 9.17) is 28.2 Å². The van der Waals surface area contributed by atoms with E-state index >= 15 is 0 Å². The van der Waals surface area contributed by atoms with Gasteiger partial charge in [-0.25, -0.2) is 15.0 Å². The summed E-state index contributed by atoms with van der Waals surface area (Å²) in [5, 5.41) is 8.38. The Morgan fingerprint density at radius 2 is 0.909 bits per heavy atom. The first-order chi connectivity index (χ1) is 27.2. The van der Waals surface area contributed by atoms with Gasteiger partial charge >= 0.3 is 0 Å². The van der Waals surface area contributed by atoms with Crippen molar-refractivity contribution in [3.8, 4) is 45.3 Å². The van der Waals surface area contributed by atoms with E-state index in [-0.39, 0.29) is 0 Å². The lowest BCUT2D eigenvalue weighted by Gasteiger charge is -2.11. The van der Waals surface area contributed by atoms with Crippen molar-refractivity contribution in [1.29, 1.82) is 0 Å². The van der Waals surface area contributed by atoms with Crippen LogP contribution in [-0.4, -0.2) is 15.0 Å². The highest BCUT2D eigenvalue weighted by atomic mass is 16.3. The molecule has 0 unspecified atom stereocenters. The summed E-state index contributed by atoms with van der Waals surface area (Å²) in [5.74, 6) is 1.64. The number of para-hydroxylation sites is 3. The Kier molecular flexibility index (Phi) is 6.24. The van der Waals surface area contributed by atoms with Crippen LogP contribution in [0.3, 0.4) is 0 Å². The van der Waals surface area contributed by atoms with Gasteiger partial charge in [-0.1, -0.05) is 115 Å². The van der Waals surface area contributed by atoms with Gasteiger partial charge in [0.25, 0.3) is 0 Å². The van der Waals surface area contributed by atoms with Crippen molar-refractivity contribution in [2.24, 2.45) is 0 Å². The summed E-state index contributed by atoms with van der Waals surface area (Å²) in [5.41, 5.74) is 9.29. The Morgan fingerprint density at radius 1 is 0.309 bits per heavy atom. The van der Waals surface area contributed by atoms with Gasteiger partial charge in [-0.3, -0.25) is 0 Å². The summed E-state index contributed by atoms with van der Waals surface area (Å²) < 4.78 is 19.8. The summed E-state index contributed by atoms with van der Waals surface area (Å²) >= 11 is 0. The maximum absolute atomic E-state index is 6.81. The molecule has 6 heteroatoms. The normalized spacial score (nSPS) is 12.0. The van der Waals surface area contributed by atoms with Gasteiger partial charge in [0.2, 0.25) is 0 Å². The molecule has 0 aliphatic rings. The molecule has 8 aromatic carbocycles. The number of aromatic nitrogens is 3. The molecule has 12 rings (SSSR count). The summed E-state index contributed by atoms with van der Waals surface area (Å²) in [6, 6.07) is 55.6. The van der Waals surface area contributed by atoms with E-state index < -0.39 is 0 Å². The van der Waals surface area contributed by atoms with Crippen molar-refractivity contribution in [2.75, 3.05) is 0 Å². The van der Waals surface area contributed by atoms with Gasteiger partial charge in [0.15, 0.2) is 17.5 Å². The van der Waals surface area contributed by atoms with E-state index in [0.717, 1.165) is 104 Å². The highest BCUT2D eigenvalue weighted by Gasteiger charge is 2.24. The first-order valence-electron chi connectivity index (χ1n) is 18.3. The zero-order valence-electron chi connectivity index (χ0n) is 29.2. The van der Waals surface area contributed by atoms with Crippen LogP contribution in [0.25, 0.3) is 122 Å². The molecule has 6 nitrogen and oxygen atoms in total. The van der Waals surface area contributed by atoms with Gasteiger partial charge in [0.05, 0.1) is 5.56 Å². The van der Waals surface area contributed by atoms with Crippen molar-refractivity contribution in [3.63, 3.8) is 0 Å². The van der Waals surface area contributed by atoms with E-state index in [1.54, 1.807) is 0 Å². The SMILES string of the molecule is c1ccc(-c2nc(-c3cccc4c3oc3ccccc34)nc(-c3ccc(-c4cccc5oc6cc7ccccc7cc6c45)c4oc5ccccc5c34)n2)cc1. The Balaban J connectivity index is 1.14. The molecule has 0 saturated carbocycles. The Hall–Kier alpha value is -7.57. The predicted octanol–water partition coefficient (Wildman–Crippen LogP) is 13.4. The highest BCUT2D eigenvalue weighted by Crippen LogP contribution is 2.45. The average Bonchev–Trinajstić information content (AvgIpc) is 3.94. The molecule has 0 spiro atoms. The van der Waals surface area contributed by atoms with E-state index in [9.17, 15) is 0 Å². The molecule has 0 aliphatic carbocycles. The monoisotopic (exact) mass is 705 g/mol. The molecule has 4 aromatic heterocycles. The average molecular weight is 706 g/mol. The molecule has 0 saturated heterocycles. The van der Waals surface area contributed by atoms with Crippen LogP contribution in [0.5, 0.6) is 0 Å². The molecule has 0 fully saturated rings. The summed E-state index contributed by atoms with van der Waals surface area (Å²) in [4.78, 5) is 15.5. The van der Waals surface area contributed by atoms with Gasteiger partial charge in [-0.2, -0.15) is 0 Å². The molecule has 55 heavy (non-hydrogen) atoms. The molecule has 12 aromatic rings. The Labute approximate surface area is 312 Å². The lowest BCUT2D eigenvalue weighted by atomic mass is 9.94. The predicted molar refractivity (Wildman–Crippen MR) is 221 cm³/mol. The third-order valence-corrected chi connectivity index (χ3v) is 10.7. The van der Waals surface area contributed by atoms with E-state index in [2.05, 4.69) is 72.8 Å². The lowest BCUT2D eigenvalue weighted by molar-refractivity contribution is 0.668. The number of rotatable bonds is 4. The molecule has 0 bridgehead atoms. The molecule has 256 valence electrons. The van der Waals surface area contributed by atoms with Crippen molar-refractivity contribution >= 4 is 76.6 Å². The first-order valence-corrected chi connectivity index (χ1v) is 18.3. The van der Waals surface area contributed by atoms with E-state index in [1.807, 2.05) is 91.0 Å². The minimum atomic E-state index is 0.528. The lowest BCUT2D eigenvalue weighted by Crippen LogP contribution is -2.00. The third-order valence-electron chi connectivity index (χ3n) is 10.7. The number of hydrogen-bond acceptors (Lipinski definition) is 6. The van der Waals surface area contributed by atoms with Crippen LogP contribution >= 0.6 is 0 Å². The largest absolute Gasteiger partial charge is 0.456 e. The highest BCUT2D eigenvalue weighted by molar-refractivity contribution is 6.21. The van der Waals surface area contributed by atoms with Crippen LogP contribution in [0.4, 0.5) is 0 Å². The number of nitrogens with zero attached hydrogens (tertiary/aromatic N) is 3. The van der Waals surface area contributed by atoms with Crippen LogP contribution in [0, 0.1) is 0 Å². The number of furan rings is 3. The molecular weight excluding hydrogens is 679 g/mol. The summed E-state index contributed by atoms with van der Waals surface area (Å²) in [6.45, 7) is 0. The number of benzene rings is 8. The topological polar surface area (TPSA) is 78.1 Å². The zero-order valence-corrected chi connectivity index (χ0v) is 29.2. The smallest absolute Gasteiger partial charge is 0.167 e. The van der Waals surface area contributed by atoms with E-state index in [1.165, 1.54) is 0 Å². The quantitative estimate of drug-likeness (QED) is 0.181. The molecule has 0 atom stereocenters. The maximum Gasteiger partial charge on any atom is 0.167 e. The zero-order chi connectivity index (χ0) is 36.0. The summed E-state index contributed by atoms with van der Waals surface area (Å²) in [6.07, 6.45) is 0. The van der Waals surface area contributed by atoms with Gasteiger partial charge in [-0.05, 0) is 64.9 Å². The summed E-state index contributed by atoms with van der Waals surface area (Å²) in [7, 11) is 0. The molecular formula is C49H27N3O3. The van der Waals surface area contributed by atoms with Crippen molar-refractivity contribution in [1.82, 2.24) is 15.0 Å². The maximum atomic E-state index is 6.81. The van der Waals surface area contributed by atoms with Crippen LogP contribution < -0.4 is 0 Å². The van der Waals surface area contributed by atoms with Gasteiger partial charge < -0.3 is 13.3 Å². The van der Waals surface area contributed by atoms with Gasteiger partial charge in [0.1, 0.15) is 33.5 Å². The minimum Gasteiger partial charge on any atom is -0.456 e. The van der Waals surface area contributed by atoms with Crippen LogP contribution in [0.2, 0.25) is 0 Å². The first kappa shape index (κ1) is 29.9. The fraction of sp³-hybridized carbons (Fsp3) is 0. The van der Waals surface area contributed by atoms with Gasteiger partial charge in [0, 0.05) is 49.0 Å². The molecule has 0 amide bonds. The Morgan fingerprint density at radius 3 is 1.76 bits per heavy atom. The van der Waals surface area contributed by atoms with Gasteiger partial charge in [-0.15, -0.1) is 0 Å². The standard InChI is InChI=1S/C49H27N3O3/c1-2-12-28(13-3-1)47-50-48(52-49(51-47)37-20-10-19-33-31-16-6-8-21-39(31)54-45(33)37)36-25-24-34(46-44(36)35-17-7-9-22-40(35)55-46)32-18-11-23-41-43(32)38-26-29-14-4-5-15-30(29)27-42(38)53-41/h1-27H. The number of fused-ring (bicyclic) bond motifs is 10. The van der Waals surface area contributed by atoms with Crippen LogP contribution in [0.1, 0.15) is 0 Å². The van der Waals surface area contributed by atoms with E-state index in [0.29, 0.717) is 17.5 Å². The van der Waals surface area contributed by atoms with Crippen molar-refractivity contribution in [3.05, 3.63) is 164 Å². The minimum absolute atomic E-state index is 0.528. The second-order valence-corrected chi connectivity index (χ2v) is 13.9. The van der Waals surface area contributed by atoms with Crippen molar-refractivity contribution < 1.29 is 13.3 Å². The number of hydrogen-bond donors (Lipinski definition) is 0. The van der Waals surface area contributed by atoms with Crippen molar-refractivity contribution in [2.45, 2.75) is 0 Å². The van der Waals surface area contributed by atoms with Crippen LogP contribution in [-0.2, 0) is 0 Å². The fourth-order valence-corrected chi connectivity index (χ4v) is 8.22.